The van der Waals surface area contributed by atoms with Gasteiger partial charge in [0, 0.05) is 18.7 Å². The molecule has 0 unspecified atom stereocenters. The van der Waals surface area contributed by atoms with Gasteiger partial charge in [0.2, 0.25) is 0 Å². The summed E-state index contributed by atoms with van der Waals surface area (Å²) in [4.78, 5) is 26.7. The summed E-state index contributed by atoms with van der Waals surface area (Å²) in [6.07, 6.45) is 0.529. The zero-order chi connectivity index (χ0) is 23.2. The number of nitrogens with zero attached hydrogens (tertiary/aromatic N) is 1. The summed E-state index contributed by atoms with van der Waals surface area (Å²) in [7, 11) is 0. The van der Waals surface area contributed by atoms with Crippen molar-refractivity contribution in [2.45, 2.75) is 51.4 Å². The van der Waals surface area contributed by atoms with Crippen LogP contribution in [0.15, 0.2) is 54.6 Å². The smallest absolute Gasteiger partial charge is 0.410 e. The highest BCUT2D eigenvalue weighted by atomic mass is 16.6. The molecule has 0 spiro atoms. The highest BCUT2D eigenvalue weighted by molar-refractivity contribution is 5.94. The second kappa shape index (κ2) is 10.0. The van der Waals surface area contributed by atoms with Crippen LogP contribution in [-0.2, 0) is 11.3 Å². The van der Waals surface area contributed by atoms with Crippen molar-refractivity contribution < 1.29 is 24.2 Å². The topological polar surface area (TPSA) is 88.1 Å². The molecule has 0 aliphatic carbocycles. The molecule has 1 heterocycles. The highest BCUT2D eigenvalue weighted by Gasteiger charge is 2.38. The van der Waals surface area contributed by atoms with Gasteiger partial charge in [-0.05, 0) is 63.4 Å². The number of carbonyl (C=O) groups is 2. The van der Waals surface area contributed by atoms with Crippen molar-refractivity contribution in [1.29, 1.82) is 0 Å². The predicted octanol–water partition coefficient (Wildman–Crippen LogP) is 3.76. The van der Waals surface area contributed by atoms with Crippen LogP contribution in [-0.4, -0.2) is 52.8 Å². The Balaban J connectivity index is 1.54. The molecule has 0 radical (unpaired) electrons. The van der Waals surface area contributed by atoms with Gasteiger partial charge < -0.3 is 24.8 Å². The van der Waals surface area contributed by atoms with Gasteiger partial charge in [0.15, 0.2) is 0 Å². The van der Waals surface area contributed by atoms with Crippen LogP contribution >= 0.6 is 0 Å². The SMILES string of the molecule is CC(C)(C)OC(=O)N1CCC(CO)(NC(=O)c2ccc(OCc3ccccc3)cc2)CC1. The first-order valence-electron chi connectivity index (χ1n) is 10.9. The highest BCUT2D eigenvalue weighted by Crippen LogP contribution is 2.24. The molecule has 1 saturated heterocycles. The predicted molar refractivity (Wildman–Crippen MR) is 122 cm³/mol. The number of hydrogen-bond donors (Lipinski definition) is 2. The number of benzene rings is 2. The number of aliphatic hydroxyl groups excluding tert-OH is 1. The van der Waals surface area contributed by atoms with Crippen LogP contribution in [0, 0.1) is 0 Å². The molecule has 1 fully saturated rings. The molecule has 1 aliphatic rings. The van der Waals surface area contributed by atoms with Crippen LogP contribution in [0.1, 0.15) is 49.5 Å². The minimum absolute atomic E-state index is 0.195. The molecule has 7 nitrogen and oxygen atoms in total. The van der Waals surface area contributed by atoms with Gasteiger partial charge in [0.25, 0.3) is 5.91 Å². The van der Waals surface area contributed by atoms with Gasteiger partial charge in [-0.25, -0.2) is 4.79 Å². The third kappa shape index (κ3) is 6.47. The van der Waals surface area contributed by atoms with Crippen molar-refractivity contribution in [3.05, 3.63) is 65.7 Å². The summed E-state index contributed by atoms with van der Waals surface area (Å²) in [6.45, 7) is 6.54. The van der Waals surface area contributed by atoms with E-state index in [1.807, 2.05) is 51.1 Å². The second-order valence-electron chi connectivity index (χ2n) is 9.16. The lowest BCUT2D eigenvalue weighted by molar-refractivity contribution is 0.00970. The Morgan fingerprint density at radius 2 is 1.66 bits per heavy atom. The molecule has 0 bridgehead atoms. The average Bonchev–Trinajstić information content (AvgIpc) is 2.78. The molecule has 2 N–H and O–H groups in total. The van der Waals surface area contributed by atoms with Crippen molar-refractivity contribution in [3.8, 4) is 5.75 Å². The van der Waals surface area contributed by atoms with E-state index in [1.165, 1.54) is 0 Å². The fourth-order valence-electron chi connectivity index (χ4n) is 3.52. The molecule has 0 atom stereocenters. The van der Waals surface area contributed by atoms with Crippen molar-refractivity contribution in [2.75, 3.05) is 19.7 Å². The lowest BCUT2D eigenvalue weighted by atomic mass is 9.88. The summed E-state index contributed by atoms with van der Waals surface area (Å²) in [5.41, 5.74) is 0.225. The lowest BCUT2D eigenvalue weighted by Gasteiger charge is -2.41. The number of carbonyl (C=O) groups excluding carboxylic acids is 2. The average molecular weight is 441 g/mol. The van der Waals surface area contributed by atoms with Crippen LogP contribution in [0.5, 0.6) is 5.75 Å². The maximum Gasteiger partial charge on any atom is 0.410 e. The van der Waals surface area contributed by atoms with Gasteiger partial charge >= 0.3 is 6.09 Å². The molecule has 2 aromatic rings. The van der Waals surface area contributed by atoms with Crippen LogP contribution in [0.25, 0.3) is 0 Å². The first-order valence-corrected chi connectivity index (χ1v) is 10.9. The van der Waals surface area contributed by atoms with E-state index < -0.39 is 11.1 Å². The molecule has 1 aliphatic heterocycles. The van der Waals surface area contributed by atoms with Crippen LogP contribution in [0.3, 0.4) is 0 Å². The number of rotatable bonds is 6. The van der Waals surface area contributed by atoms with E-state index in [9.17, 15) is 14.7 Å². The zero-order valence-corrected chi connectivity index (χ0v) is 19.0. The molecule has 2 aromatic carbocycles. The Bertz CT molecular complexity index is 898. The largest absolute Gasteiger partial charge is 0.489 e. The maximum absolute atomic E-state index is 12.8. The Kier molecular flexibility index (Phi) is 7.40. The molecule has 7 heteroatoms. The van der Waals surface area contributed by atoms with E-state index in [4.69, 9.17) is 9.47 Å². The van der Waals surface area contributed by atoms with Crippen molar-refractivity contribution in [1.82, 2.24) is 10.2 Å². The van der Waals surface area contributed by atoms with E-state index in [2.05, 4.69) is 5.32 Å². The molecule has 0 aromatic heterocycles. The van der Waals surface area contributed by atoms with E-state index in [0.29, 0.717) is 43.9 Å². The standard InChI is InChI=1S/C25H32N2O5/c1-24(2,3)32-23(30)27-15-13-25(18-28,14-16-27)26-22(29)20-9-11-21(12-10-20)31-17-19-7-5-4-6-8-19/h4-12,28H,13-18H2,1-3H3,(H,26,29). The zero-order valence-electron chi connectivity index (χ0n) is 19.0. The summed E-state index contributed by atoms with van der Waals surface area (Å²) in [5, 5.41) is 13.0. The van der Waals surface area contributed by atoms with Crippen molar-refractivity contribution in [2.24, 2.45) is 0 Å². The van der Waals surface area contributed by atoms with Crippen LogP contribution in [0.4, 0.5) is 4.79 Å². The molecular weight excluding hydrogens is 408 g/mol. The summed E-state index contributed by atoms with van der Waals surface area (Å²) in [5.74, 6) is 0.410. The minimum Gasteiger partial charge on any atom is -0.489 e. The van der Waals surface area contributed by atoms with Gasteiger partial charge in [-0.1, -0.05) is 30.3 Å². The van der Waals surface area contributed by atoms with Crippen LogP contribution in [0.2, 0.25) is 0 Å². The molecule has 0 saturated carbocycles. The number of nitrogens with one attached hydrogen (secondary N) is 1. The van der Waals surface area contributed by atoms with E-state index >= 15 is 0 Å². The van der Waals surface area contributed by atoms with Crippen molar-refractivity contribution in [3.63, 3.8) is 0 Å². The number of aliphatic hydroxyl groups is 1. The third-order valence-corrected chi connectivity index (χ3v) is 5.42. The Morgan fingerprint density at radius 3 is 2.22 bits per heavy atom. The molecule has 2 amide bonds. The number of amides is 2. The molecular formula is C25H32N2O5. The van der Waals surface area contributed by atoms with Gasteiger partial charge in [0.1, 0.15) is 18.0 Å². The van der Waals surface area contributed by atoms with E-state index in [1.54, 1.807) is 29.2 Å². The third-order valence-electron chi connectivity index (χ3n) is 5.42. The Labute approximate surface area is 189 Å². The molecule has 32 heavy (non-hydrogen) atoms. The fraction of sp³-hybridized carbons (Fsp3) is 0.440. The molecule has 3 rings (SSSR count). The first-order chi connectivity index (χ1) is 15.2. The van der Waals surface area contributed by atoms with Gasteiger partial charge in [-0.3, -0.25) is 4.79 Å². The summed E-state index contributed by atoms with van der Waals surface area (Å²) < 4.78 is 11.2. The number of hydrogen-bond acceptors (Lipinski definition) is 5. The summed E-state index contributed by atoms with van der Waals surface area (Å²) >= 11 is 0. The Hall–Kier alpha value is -3.06. The van der Waals surface area contributed by atoms with Gasteiger partial charge in [0.05, 0.1) is 12.1 Å². The van der Waals surface area contributed by atoms with Crippen LogP contribution < -0.4 is 10.1 Å². The normalized spacial score (nSPS) is 15.7. The number of likely N-dealkylation sites (tertiary alicyclic amines) is 1. The maximum atomic E-state index is 12.8. The van der Waals surface area contributed by atoms with E-state index in [0.717, 1.165) is 5.56 Å². The Morgan fingerprint density at radius 1 is 1.03 bits per heavy atom. The van der Waals surface area contributed by atoms with Gasteiger partial charge in [-0.15, -0.1) is 0 Å². The van der Waals surface area contributed by atoms with Gasteiger partial charge in [-0.2, -0.15) is 0 Å². The first kappa shape index (κ1) is 23.6. The molecule has 172 valence electrons. The number of ether oxygens (including phenoxy) is 2. The van der Waals surface area contributed by atoms with E-state index in [-0.39, 0.29) is 18.6 Å². The second-order valence-corrected chi connectivity index (χ2v) is 9.16. The summed E-state index contributed by atoms with van der Waals surface area (Å²) in [6, 6.07) is 16.8. The quantitative estimate of drug-likeness (QED) is 0.714. The lowest BCUT2D eigenvalue weighted by Crippen LogP contribution is -2.58. The minimum atomic E-state index is -0.766. The number of piperidine rings is 1. The van der Waals surface area contributed by atoms with Crippen molar-refractivity contribution >= 4 is 12.0 Å². The monoisotopic (exact) mass is 440 g/mol. The fourth-order valence-corrected chi connectivity index (χ4v) is 3.52.